The molecule has 0 bridgehead atoms. The van der Waals surface area contributed by atoms with Gasteiger partial charge in [0.1, 0.15) is 11.4 Å². The molecule has 0 saturated carbocycles. The van der Waals surface area contributed by atoms with Crippen molar-refractivity contribution in [1.29, 1.82) is 0 Å². The van der Waals surface area contributed by atoms with Gasteiger partial charge in [0.15, 0.2) is 0 Å². The second-order valence-electron chi connectivity index (χ2n) is 7.56. The number of nitrogens with zero attached hydrogens (tertiary/aromatic N) is 2. The van der Waals surface area contributed by atoms with E-state index in [2.05, 4.69) is 22.8 Å². The lowest BCUT2D eigenvalue weighted by atomic mass is 10.0. The van der Waals surface area contributed by atoms with Gasteiger partial charge in [0.2, 0.25) is 0 Å². The summed E-state index contributed by atoms with van der Waals surface area (Å²) in [5.74, 6) is -0.311. The summed E-state index contributed by atoms with van der Waals surface area (Å²) in [6.07, 6.45) is 0.944. The number of hydrogen-bond acceptors (Lipinski definition) is 4. The highest BCUT2D eigenvalue weighted by atomic mass is 35.5. The largest absolute Gasteiger partial charge is 0.423 e. The molecule has 6 heteroatoms. The van der Waals surface area contributed by atoms with Crippen LogP contribution in [0.2, 0.25) is 5.02 Å². The van der Waals surface area contributed by atoms with Crippen molar-refractivity contribution in [3.05, 3.63) is 80.4 Å². The van der Waals surface area contributed by atoms with E-state index in [0.29, 0.717) is 17.2 Å². The molecule has 0 atom stereocenters. The van der Waals surface area contributed by atoms with Gasteiger partial charge in [0.05, 0.1) is 0 Å². The topological polar surface area (TPSA) is 36.7 Å². The summed E-state index contributed by atoms with van der Waals surface area (Å²) < 4.78 is 18.6. The predicted molar refractivity (Wildman–Crippen MR) is 114 cm³/mol. The molecule has 1 aromatic heterocycles. The van der Waals surface area contributed by atoms with Gasteiger partial charge in [-0.05, 0) is 47.4 Å². The molecule has 1 fully saturated rings. The molecular weight excluding hydrogens is 391 g/mol. The monoisotopic (exact) mass is 414 g/mol. The third-order valence-electron chi connectivity index (χ3n) is 5.57. The van der Waals surface area contributed by atoms with Crippen LogP contribution in [-0.4, -0.2) is 36.0 Å². The number of hydrogen-bond donors (Lipinski definition) is 0. The second kappa shape index (κ2) is 8.66. The molecule has 4 nitrogen and oxygen atoms in total. The molecule has 4 rings (SSSR count). The first-order chi connectivity index (χ1) is 14.0. The summed E-state index contributed by atoms with van der Waals surface area (Å²) in [5, 5.41) is 1.49. The van der Waals surface area contributed by atoms with Gasteiger partial charge in [0, 0.05) is 55.7 Å². The lowest BCUT2D eigenvalue weighted by Crippen LogP contribution is -2.45. The summed E-state index contributed by atoms with van der Waals surface area (Å²) in [6, 6.07) is 12.2. The Morgan fingerprint density at radius 2 is 1.66 bits per heavy atom. The first-order valence-corrected chi connectivity index (χ1v) is 10.3. The molecule has 2 aromatic carbocycles. The molecule has 0 radical (unpaired) electrons. The van der Waals surface area contributed by atoms with Gasteiger partial charge in [-0.15, -0.1) is 0 Å². The highest BCUT2D eigenvalue weighted by Gasteiger charge is 2.19. The molecule has 1 saturated heterocycles. The van der Waals surface area contributed by atoms with Crippen LogP contribution in [0.15, 0.2) is 51.7 Å². The number of halogens is 2. The van der Waals surface area contributed by atoms with Crippen molar-refractivity contribution in [2.24, 2.45) is 0 Å². The van der Waals surface area contributed by atoms with Gasteiger partial charge in [-0.25, -0.2) is 9.18 Å². The van der Waals surface area contributed by atoms with Crippen LogP contribution >= 0.6 is 11.6 Å². The maximum atomic E-state index is 13.2. The number of aryl methyl sites for hydroxylation is 1. The van der Waals surface area contributed by atoms with Gasteiger partial charge < -0.3 is 4.42 Å². The van der Waals surface area contributed by atoms with Crippen molar-refractivity contribution in [3.8, 4) is 0 Å². The van der Waals surface area contributed by atoms with Gasteiger partial charge in [-0.2, -0.15) is 0 Å². The van der Waals surface area contributed by atoms with Crippen LogP contribution in [0.3, 0.4) is 0 Å². The van der Waals surface area contributed by atoms with Crippen molar-refractivity contribution in [3.63, 3.8) is 0 Å². The Morgan fingerprint density at radius 1 is 0.966 bits per heavy atom. The van der Waals surface area contributed by atoms with Crippen molar-refractivity contribution in [2.45, 2.75) is 26.4 Å². The smallest absolute Gasteiger partial charge is 0.336 e. The van der Waals surface area contributed by atoms with Crippen molar-refractivity contribution >= 4 is 22.6 Å². The maximum absolute atomic E-state index is 13.2. The lowest BCUT2D eigenvalue weighted by Gasteiger charge is -2.35. The van der Waals surface area contributed by atoms with Crippen LogP contribution in [0, 0.1) is 5.82 Å². The average Bonchev–Trinajstić information content (AvgIpc) is 2.71. The fraction of sp³-hybridized carbons (Fsp3) is 0.348. The van der Waals surface area contributed by atoms with Gasteiger partial charge in [-0.1, -0.05) is 30.7 Å². The summed E-state index contributed by atoms with van der Waals surface area (Å²) >= 11 is 6.16. The molecule has 0 unspecified atom stereocenters. The van der Waals surface area contributed by atoms with Crippen LogP contribution in [-0.2, 0) is 19.5 Å². The lowest BCUT2D eigenvalue weighted by molar-refractivity contribution is 0.122. The minimum atomic E-state index is -0.311. The highest BCUT2D eigenvalue weighted by molar-refractivity contribution is 6.31. The van der Waals surface area contributed by atoms with Crippen LogP contribution in [0.25, 0.3) is 11.0 Å². The molecule has 0 amide bonds. The molecule has 1 aliphatic rings. The molecule has 1 aliphatic heterocycles. The molecule has 3 aromatic rings. The molecule has 152 valence electrons. The van der Waals surface area contributed by atoms with Crippen LogP contribution in [0.4, 0.5) is 4.39 Å². The first-order valence-electron chi connectivity index (χ1n) is 9.96. The number of benzene rings is 2. The molecule has 0 spiro atoms. The summed E-state index contributed by atoms with van der Waals surface area (Å²) in [7, 11) is 0. The Labute approximate surface area is 174 Å². The molecule has 2 heterocycles. The minimum absolute atomic E-state index is 0.304. The number of rotatable bonds is 5. The SMILES string of the molecule is CCc1ccc2oc(=O)cc(CN3CCN(Cc4ccc(F)cc4Cl)CC3)c2c1. The van der Waals surface area contributed by atoms with E-state index in [1.54, 1.807) is 12.1 Å². The van der Waals surface area contributed by atoms with E-state index in [4.69, 9.17) is 16.0 Å². The first kappa shape index (κ1) is 20.1. The summed E-state index contributed by atoms with van der Waals surface area (Å²) in [6.45, 7) is 7.14. The normalized spacial score (nSPS) is 15.8. The number of piperazine rings is 1. The van der Waals surface area contributed by atoms with E-state index in [0.717, 1.165) is 55.7 Å². The Hall–Kier alpha value is -2.21. The van der Waals surface area contributed by atoms with Crippen molar-refractivity contribution in [2.75, 3.05) is 26.2 Å². The van der Waals surface area contributed by atoms with Gasteiger partial charge in [0.25, 0.3) is 0 Å². The highest BCUT2D eigenvalue weighted by Crippen LogP contribution is 2.23. The Morgan fingerprint density at radius 3 is 2.31 bits per heavy atom. The molecule has 0 aliphatic carbocycles. The van der Waals surface area contributed by atoms with Crippen LogP contribution in [0.5, 0.6) is 0 Å². The molecule has 0 N–H and O–H groups in total. The van der Waals surface area contributed by atoms with Gasteiger partial charge in [-0.3, -0.25) is 9.80 Å². The Kier molecular flexibility index (Phi) is 5.99. The quantitative estimate of drug-likeness (QED) is 0.577. The third-order valence-corrected chi connectivity index (χ3v) is 5.92. The molecular formula is C23H24ClFN2O2. The van der Waals surface area contributed by atoms with Crippen molar-refractivity contribution in [1.82, 2.24) is 9.80 Å². The van der Waals surface area contributed by atoms with E-state index in [1.807, 2.05) is 12.1 Å². The van der Waals surface area contributed by atoms with Crippen LogP contribution < -0.4 is 5.63 Å². The van der Waals surface area contributed by atoms with E-state index in [1.165, 1.54) is 17.7 Å². The zero-order chi connectivity index (χ0) is 20.4. The minimum Gasteiger partial charge on any atom is -0.423 e. The zero-order valence-electron chi connectivity index (χ0n) is 16.5. The van der Waals surface area contributed by atoms with E-state index in [9.17, 15) is 9.18 Å². The maximum Gasteiger partial charge on any atom is 0.336 e. The third kappa shape index (κ3) is 4.69. The fourth-order valence-electron chi connectivity index (χ4n) is 3.86. The standard InChI is InChI=1S/C23H24ClFN2O2/c1-2-16-3-6-22-20(11-16)18(12-23(28)29-22)15-27-9-7-26(8-10-27)14-17-4-5-19(25)13-21(17)24/h3-6,11-13H,2,7-10,14-15H2,1H3. The fourth-order valence-corrected chi connectivity index (χ4v) is 4.09. The van der Waals surface area contributed by atoms with E-state index in [-0.39, 0.29) is 11.4 Å². The van der Waals surface area contributed by atoms with E-state index < -0.39 is 0 Å². The van der Waals surface area contributed by atoms with Gasteiger partial charge >= 0.3 is 5.63 Å². The summed E-state index contributed by atoms with van der Waals surface area (Å²) in [4.78, 5) is 16.7. The zero-order valence-corrected chi connectivity index (χ0v) is 17.2. The van der Waals surface area contributed by atoms with Crippen LogP contribution in [0.1, 0.15) is 23.6 Å². The number of fused-ring (bicyclic) bond motifs is 1. The average molecular weight is 415 g/mol. The Balaban J connectivity index is 1.44. The second-order valence-corrected chi connectivity index (χ2v) is 7.97. The van der Waals surface area contributed by atoms with Crippen molar-refractivity contribution < 1.29 is 8.81 Å². The Bertz CT molecular complexity index is 1070. The summed E-state index contributed by atoms with van der Waals surface area (Å²) in [5.41, 5.74) is 3.53. The predicted octanol–water partition coefficient (Wildman–Crippen LogP) is 4.47. The molecule has 29 heavy (non-hydrogen) atoms. The van der Waals surface area contributed by atoms with E-state index >= 15 is 0 Å².